The van der Waals surface area contributed by atoms with Crippen LogP contribution in [0.15, 0.2) is 36.5 Å². The molecule has 0 radical (unpaired) electrons. The molecule has 21 heavy (non-hydrogen) atoms. The number of pyridine rings is 1. The number of nitrogens with zero attached hydrogens (tertiary/aromatic N) is 2. The van der Waals surface area contributed by atoms with Crippen LogP contribution in [-0.4, -0.2) is 23.0 Å². The van der Waals surface area contributed by atoms with Gasteiger partial charge in [0, 0.05) is 11.8 Å². The molecule has 0 bridgehead atoms. The Morgan fingerprint density at radius 1 is 1.43 bits per heavy atom. The van der Waals surface area contributed by atoms with E-state index < -0.39 is 4.92 Å². The van der Waals surface area contributed by atoms with Crippen molar-refractivity contribution in [3.8, 4) is 11.3 Å². The van der Waals surface area contributed by atoms with Gasteiger partial charge in [-0.25, -0.2) is 4.98 Å². The van der Waals surface area contributed by atoms with Gasteiger partial charge in [-0.05, 0) is 17.7 Å². The molecule has 2 N–H and O–H groups in total. The maximum Gasteiger partial charge on any atom is 0.318 e. The van der Waals surface area contributed by atoms with E-state index in [9.17, 15) is 14.9 Å². The Morgan fingerprint density at radius 3 is 2.86 bits per heavy atom. The van der Waals surface area contributed by atoms with Crippen LogP contribution >= 0.6 is 0 Å². The van der Waals surface area contributed by atoms with Gasteiger partial charge in [0.15, 0.2) is 0 Å². The van der Waals surface area contributed by atoms with Crippen molar-refractivity contribution < 1.29 is 14.5 Å². The van der Waals surface area contributed by atoms with Crippen LogP contribution in [0.4, 0.5) is 11.4 Å². The summed E-state index contributed by atoms with van der Waals surface area (Å²) in [4.78, 5) is 25.9. The predicted molar refractivity (Wildman–Crippen MR) is 76.5 cm³/mol. The van der Waals surface area contributed by atoms with Crippen molar-refractivity contribution in [2.45, 2.75) is 6.42 Å². The first-order valence-electron chi connectivity index (χ1n) is 6.08. The van der Waals surface area contributed by atoms with E-state index in [0.29, 0.717) is 11.1 Å². The molecule has 7 heteroatoms. The molecule has 0 saturated heterocycles. The third-order valence-corrected chi connectivity index (χ3v) is 2.91. The van der Waals surface area contributed by atoms with Crippen LogP contribution in [0, 0.1) is 10.1 Å². The van der Waals surface area contributed by atoms with Crippen LogP contribution in [0.1, 0.15) is 5.56 Å². The summed E-state index contributed by atoms with van der Waals surface area (Å²) in [5.41, 5.74) is 6.82. The van der Waals surface area contributed by atoms with Crippen LogP contribution in [0.5, 0.6) is 0 Å². The summed E-state index contributed by atoms with van der Waals surface area (Å²) in [7, 11) is 1.30. The highest BCUT2D eigenvalue weighted by Gasteiger charge is 2.20. The van der Waals surface area contributed by atoms with E-state index in [2.05, 4.69) is 9.72 Å². The molecule has 0 saturated carbocycles. The summed E-state index contributed by atoms with van der Waals surface area (Å²) >= 11 is 0. The molecule has 0 aliphatic rings. The average molecular weight is 287 g/mol. The van der Waals surface area contributed by atoms with Crippen molar-refractivity contribution in [3.63, 3.8) is 0 Å². The summed E-state index contributed by atoms with van der Waals surface area (Å²) in [6.07, 6.45) is 1.49. The summed E-state index contributed by atoms with van der Waals surface area (Å²) in [6.45, 7) is 0. The fourth-order valence-electron chi connectivity index (χ4n) is 1.94. The fraction of sp³-hybridized carbons (Fsp3) is 0.143. The van der Waals surface area contributed by atoms with Gasteiger partial charge in [0.1, 0.15) is 11.4 Å². The number of esters is 1. The number of nitro groups is 1. The number of rotatable bonds is 4. The number of nitrogen functional groups attached to an aromatic ring is 1. The number of hydrogen-bond donors (Lipinski definition) is 1. The first-order valence-corrected chi connectivity index (χ1v) is 6.08. The van der Waals surface area contributed by atoms with Crippen LogP contribution in [-0.2, 0) is 16.0 Å². The zero-order valence-electron chi connectivity index (χ0n) is 11.3. The third kappa shape index (κ3) is 3.14. The number of hydrogen-bond acceptors (Lipinski definition) is 6. The van der Waals surface area contributed by atoms with Gasteiger partial charge in [-0.1, -0.05) is 18.2 Å². The lowest BCUT2D eigenvalue weighted by atomic mass is 10.0. The normalized spacial score (nSPS) is 10.1. The van der Waals surface area contributed by atoms with Crippen LogP contribution in [0.3, 0.4) is 0 Å². The molecule has 2 rings (SSSR count). The van der Waals surface area contributed by atoms with E-state index in [1.54, 1.807) is 24.3 Å². The SMILES string of the molecule is COC(=O)Cc1cccc(-c2nccc(N)c2[N+](=O)[O-])c1. The number of benzene rings is 1. The Balaban J connectivity index is 2.48. The lowest BCUT2D eigenvalue weighted by molar-refractivity contribution is -0.383. The van der Waals surface area contributed by atoms with Gasteiger partial charge in [-0.3, -0.25) is 14.9 Å². The molecule has 0 fully saturated rings. The van der Waals surface area contributed by atoms with E-state index >= 15 is 0 Å². The molecule has 1 aromatic heterocycles. The van der Waals surface area contributed by atoms with Crippen LogP contribution < -0.4 is 5.73 Å². The second-order valence-corrected chi connectivity index (χ2v) is 4.31. The number of methoxy groups -OCH3 is 1. The molecule has 1 heterocycles. The fourth-order valence-corrected chi connectivity index (χ4v) is 1.94. The maximum absolute atomic E-state index is 11.3. The molecule has 0 spiro atoms. The maximum atomic E-state index is 11.3. The Kier molecular flexibility index (Phi) is 4.13. The standard InChI is InChI=1S/C14H13N3O4/c1-21-12(18)8-9-3-2-4-10(7-9)13-14(17(19)20)11(15)5-6-16-13/h2-7H,8H2,1H3,(H2,15,16). The molecule has 108 valence electrons. The number of carbonyl (C=O) groups is 1. The minimum absolute atomic E-state index is 0.0448. The van der Waals surface area contributed by atoms with E-state index in [0.717, 1.165) is 0 Å². The van der Waals surface area contributed by atoms with Crippen molar-refractivity contribution in [1.29, 1.82) is 0 Å². The quantitative estimate of drug-likeness (QED) is 0.523. The average Bonchev–Trinajstić information content (AvgIpc) is 2.46. The molecule has 0 aliphatic heterocycles. The molecule has 1 aromatic carbocycles. The number of carbonyl (C=O) groups excluding carboxylic acids is 1. The van der Waals surface area contributed by atoms with Gasteiger partial charge < -0.3 is 10.5 Å². The smallest absolute Gasteiger partial charge is 0.318 e. The van der Waals surface area contributed by atoms with E-state index in [-0.39, 0.29) is 29.5 Å². The van der Waals surface area contributed by atoms with E-state index in [4.69, 9.17) is 5.73 Å². The molecule has 0 amide bonds. The zero-order valence-corrected chi connectivity index (χ0v) is 11.3. The van der Waals surface area contributed by atoms with Gasteiger partial charge in [-0.2, -0.15) is 0 Å². The highest BCUT2D eigenvalue weighted by molar-refractivity contribution is 5.79. The summed E-state index contributed by atoms with van der Waals surface area (Å²) in [5, 5.41) is 11.1. The minimum Gasteiger partial charge on any atom is -0.469 e. The first kappa shape index (κ1) is 14.4. The highest BCUT2D eigenvalue weighted by Crippen LogP contribution is 2.32. The van der Waals surface area contributed by atoms with Crippen molar-refractivity contribution in [3.05, 3.63) is 52.2 Å². The molecule has 7 nitrogen and oxygen atoms in total. The van der Waals surface area contributed by atoms with Crippen molar-refractivity contribution >= 4 is 17.3 Å². The van der Waals surface area contributed by atoms with Crippen molar-refractivity contribution in [2.24, 2.45) is 0 Å². The van der Waals surface area contributed by atoms with Crippen LogP contribution in [0.2, 0.25) is 0 Å². The lowest BCUT2D eigenvalue weighted by Crippen LogP contribution is -2.05. The summed E-state index contributed by atoms with van der Waals surface area (Å²) in [6, 6.07) is 8.14. The topological polar surface area (TPSA) is 108 Å². The van der Waals surface area contributed by atoms with Gasteiger partial charge in [0.2, 0.25) is 0 Å². The highest BCUT2D eigenvalue weighted by atomic mass is 16.6. The lowest BCUT2D eigenvalue weighted by Gasteiger charge is -2.06. The van der Waals surface area contributed by atoms with E-state index in [1.165, 1.54) is 19.4 Å². The van der Waals surface area contributed by atoms with Gasteiger partial charge in [0.05, 0.1) is 18.5 Å². The molecular formula is C14H13N3O4. The third-order valence-electron chi connectivity index (χ3n) is 2.91. The Labute approximate surface area is 120 Å². The number of nitrogens with two attached hydrogens (primary N) is 1. The van der Waals surface area contributed by atoms with Gasteiger partial charge in [0.25, 0.3) is 0 Å². The molecule has 0 atom stereocenters. The first-order chi connectivity index (χ1) is 10.0. The Bertz CT molecular complexity index is 700. The summed E-state index contributed by atoms with van der Waals surface area (Å²) in [5.74, 6) is -0.387. The number of ether oxygens (including phenoxy) is 1. The molecule has 0 aliphatic carbocycles. The summed E-state index contributed by atoms with van der Waals surface area (Å²) < 4.78 is 4.60. The van der Waals surface area contributed by atoms with E-state index in [1.807, 2.05) is 0 Å². The number of anilines is 1. The largest absolute Gasteiger partial charge is 0.469 e. The zero-order chi connectivity index (χ0) is 15.4. The Hall–Kier alpha value is -2.96. The van der Waals surface area contributed by atoms with Crippen molar-refractivity contribution in [1.82, 2.24) is 4.98 Å². The monoisotopic (exact) mass is 287 g/mol. The van der Waals surface area contributed by atoms with Gasteiger partial charge >= 0.3 is 11.7 Å². The molecule has 2 aromatic rings. The minimum atomic E-state index is -0.565. The van der Waals surface area contributed by atoms with Crippen molar-refractivity contribution in [2.75, 3.05) is 12.8 Å². The predicted octanol–water partition coefficient (Wildman–Crippen LogP) is 1.95. The van der Waals surface area contributed by atoms with Gasteiger partial charge in [-0.15, -0.1) is 0 Å². The number of aromatic nitrogens is 1. The Morgan fingerprint density at radius 2 is 2.19 bits per heavy atom. The molecule has 0 unspecified atom stereocenters. The van der Waals surface area contributed by atoms with Crippen LogP contribution in [0.25, 0.3) is 11.3 Å². The second-order valence-electron chi connectivity index (χ2n) is 4.31. The second kappa shape index (κ2) is 6.00. The molecular weight excluding hydrogens is 274 g/mol.